The molecule has 0 bridgehead atoms. The highest BCUT2D eigenvalue weighted by atomic mass is 79.9. The molecule has 2 rings (SSSR count). The van der Waals surface area contributed by atoms with Crippen molar-refractivity contribution < 1.29 is 9.90 Å². The number of nitrogen functional groups attached to an aromatic ring is 1. The molecule has 1 unspecified atom stereocenters. The van der Waals surface area contributed by atoms with Crippen molar-refractivity contribution in [3.63, 3.8) is 0 Å². The zero-order chi connectivity index (χ0) is 11.7. The Morgan fingerprint density at radius 2 is 2.31 bits per heavy atom. The third-order valence-electron chi connectivity index (χ3n) is 2.74. The molecular formula is C11H13BrN2O2. The highest BCUT2D eigenvalue weighted by Gasteiger charge is 2.29. The first kappa shape index (κ1) is 11.4. The molecule has 1 heterocycles. The molecule has 0 aromatic heterocycles. The average Bonchev–Trinajstić information content (AvgIpc) is 2.55. The highest BCUT2D eigenvalue weighted by Crippen LogP contribution is 2.22. The van der Waals surface area contributed by atoms with Crippen LogP contribution in [0.5, 0.6) is 0 Å². The number of rotatable bonds is 2. The van der Waals surface area contributed by atoms with Crippen LogP contribution in [0, 0.1) is 0 Å². The lowest BCUT2D eigenvalue weighted by atomic mass is 10.2. The summed E-state index contributed by atoms with van der Waals surface area (Å²) < 4.78 is 0.934. The second-order valence-electron chi connectivity index (χ2n) is 3.91. The molecule has 1 aromatic carbocycles. The van der Waals surface area contributed by atoms with Crippen LogP contribution in [0.25, 0.3) is 0 Å². The van der Waals surface area contributed by atoms with Gasteiger partial charge in [-0.1, -0.05) is 15.9 Å². The number of hydrogen-bond donors (Lipinski definition) is 2. The summed E-state index contributed by atoms with van der Waals surface area (Å²) in [4.78, 5) is 13.2. The lowest BCUT2D eigenvalue weighted by molar-refractivity contribution is -0.134. The Balaban J connectivity index is 2.15. The van der Waals surface area contributed by atoms with Crippen molar-refractivity contribution in [1.82, 2.24) is 4.90 Å². The normalized spacial score (nSPS) is 20.5. The first-order valence-electron chi connectivity index (χ1n) is 5.08. The molecule has 0 radical (unpaired) electrons. The van der Waals surface area contributed by atoms with Crippen LogP contribution in [-0.2, 0) is 11.3 Å². The summed E-state index contributed by atoms with van der Waals surface area (Å²) >= 11 is 3.36. The first-order chi connectivity index (χ1) is 7.58. The molecule has 1 atom stereocenters. The van der Waals surface area contributed by atoms with Crippen LogP contribution in [0.3, 0.4) is 0 Å². The Bertz CT molecular complexity index is 422. The van der Waals surface area contributed by atoms with Gasteiger partial charge in [-0.2, -0.15) is 0 Å². The Kier molecular flexibility index (Phi) is 3.16. The number of aliphatic hydroxyl groups is 1. The van der Waals surface area contributed by atoms with E-state index in [2.05, 4.69) is 15.9 Å². The van der Waals surface area contributed by atoms with Crippen molar-refractivity contribution in [3.8, 4) is 0 Å². The molecule has 1 amide bonds. The number of hydrogen-bond acceptors (Lipinski definition) is 3. The van der Waals surface area contributed by atoms with E-state index in [1.165, 1.54) is 0 Å². The summed E-state index contributed by atoms with van der Waals surface area (Å²) in [5.41, 5.74) is 7.39. The number of aliphatic hydroxyl groups excluding tert-OH is 1. The number of anilines is 1. The molecule has 16 heavy (non-hydrogen) atoms. The number of nitrogens with two attached hydrogens (primary N) is 1. The third kappa shape index (κ3) is 2.20. The van der Waals surface area contributed by atoms with Gasteiger partial charge in [0.2, 0.25) is 0 Å². The van der Waals surface area contributed by atoms with Crippen molar-refractivity contribution in [1.29, 1.82) is 0 Å². The summed E-state index contributed by atoms with van der Waals surface area (Å²) in [6, 6.07) is 5.56. The fourth-order valence-corrected chi connectivity index (χ4v) is 2.20. The lowest BCUT2D eigenvalue weighted by Gasteiger charge is -2.17. The SMILES string of the molecule is Nc1ccc(Br)cc1CN1CCC(O)C1=O. The van der Waals surface area contributed by atoms with Crippen LogP contribution in [-0.4, -0.2) is 28.6 Å². The number of amides is 1. The zero-order valence-electron chi connectivity index (χ0n) is 8.69. The Hall–Kier alpha value is -1.07. The van der Waals surface area contributed by atoms with Crippen LogP contribution >= 0.6 is 15.9 Å². The smallest absolute Gasteiger partial charge is 0.251 e. The molecule has 0 saturated carbocycles. The molecule has 1 aliphatic heterocycles. The zero-order valence-corrected chi connectivity index (χ0v) is 10.3. The minimum absolute atomic E-state index is 0.209. The van der Waals surface area contributed by atoms with Gasteiger partial charge in [-0.15, -0.1) is 0 Å². The van der Waals surface area contributed by atoms with E-state index in [0.29, 0.717) is 25.2 Å². The van der Waals surface area contributed by atoms with Crippen molar-refractivity contribution in [2.75, 3.05) is 12.3 Å². The summed E-state index contributed by atoms with van der Waals surface area (Å²) in [6.45, 7) is 1.05. The van der Waals surface area contributed by atoms with E-state index in [4.69, 9.17) is 5.73 Å². The molecule has 5 heteroatoms. The molecule has 1 aliphatic rings. The topological polar surface area (TPSA) is 66.6 Å². The number of nitrogens with zero attached hydrogens (tertiary/aromatic N) is 1. The maximum Gasteiger partial charge on any atom is 0.251 e. The van der Waals surface area contributed by atoms with Gasteiger partial charge in [0.15, 0.2) is 0 Å². The number of benzene rings is 1. The van der Waals surface area contributed by atoms with Gasteiger partial charge >= 0.3 is 0 Å². The maximum absolute atomic E-state index is 11.5. The molecule has 0 spiro atoms. The molecular weight excluding hydrogens is 272 g/mol. The van der Waals surface area contributed by atoms with Crippen LogP contribution in [0.2, 0.25) is 0 Å². The highest BCUT2D eigenvalue weighted by molar-refractivity contribution is 9.10. The average molecular weight is 285 g/mol. The van der Waals surface area contributed by atoms with Crippen LogP contribution in [0.15, 0.2) is 22.7 Å². The first-order valence-corrected chi connectivity index (χ1v) is 5.88. The molecule has 3 N–H and O–H groups in total. The van der Waals surface area contributed by atoms with Crippen LogP contribution in [0.4, 0.5) is 5.69 Å². The van der Waals surface area contributed by atoms with Gasteiger partial charge in [0.05, 0.1) is 0 Å². The standard InChI is InChI=1S/C11H13BrN2O2/c12-8-1-2-9(13)7(5-8)6-14-4-3-10(15)11(14)16/h1-2,5,10,15H,3-4,6,13H2. The summed E-state index contributed by atoms with van der Waals surface area (Å²) in [6.07, 6.45) is -0.333. The fraction of sp³-hybridized carbons (Fsp3) is 0.364. The van der Waals surface area contributed by atoms with Crippen molar-refractivity contribution in [3.05, 3.63) is 28.2 Å². The van der Waals surface area contributed by atoms with E-state index in [1.54, 1.807) is 11.0 Å². The Morgan fingerprint density at radius 3 is 2.94 bits per heavy atom. The Labute approximate surface area is 102 Å². The quantitative estimate of drug-likeness (QED) is 0.800. The molecule has 0 aliphatic carbocycles. The van der Waals surface area contributed by atoms with Crippen LogP contribution < -0.4 is 5.73 Å². The van der Waals surface area contributed by atoms with E-state index >= 15 is 0 Å². The lowest BCUT2D eigenvalue weighted by Crippen LogP contribution is -2.29. The summed E-state index contributed by atoms with van der Waals surface area (Å²) in [7, 11) is 0. The Morgan fingerprint density at radius 1 is 1.56 bits per heavy atom. The maximum atomic E-state index is 11.5. The predicted octanol–water partition coefficient (Wildman–Crippen LogP) is 1.12. The molecule has 1 fully saturated rings. The summed E-state index contributed by atoms with van der Waals surface area (Å²) in [5, 5.41) is 9.34. The molecule has 1 aromatic rings. The number of halogens is 1. The van der Waals surface area contributed by atoms with E-state index in [9.17, 15) is 9.90 Å². The fourth-order valence-electron chi connectivity index (χ4n) is 1.80. The van der Waals surface area contributed by atoms with Gasteiger partial charge in [-0.25, -0.2) is 0 Å². The van der Waals surface area contributed by atoms with Gasteiger partial charge in [-0.05, 0) is 30.2 Å². The second kappa shape index (κ2) is 4.43. The monoisotopic (exact) mass is 284 g/mol. The third-order valence-corrected chi connectivity index (χ3v) is 3.23. The number of likely N-dealkylation sites (tertiary alicyclic amines) is 1. The van der Waals surface area contributed by atoms with E-state index in [-0.39, 0.29) is 5.91 Å². The minimum Gasteiger partial charge on any atom is -0.398 e. The van der Waals surface area contributed by atoms with E-state index in [0.717, 1.165) is 10.0 Å². The summed E-state index contributed by atoms with van der Waals surface area (Å²) in [5.74, 6) is -0.209. The molecule has 1 saturated heterocycles. The van der Waals surface area contributed by atoms with Gasteiger partial charge in [0, 0.05) is 23.2 Å². The number of carbonyl (C=O) groups excluding carboxylic acids is 1. The van der Waals surface area contributed by atoms with Gasteiger partial charge < -0.3 is 15.7 Å². The van der Waals surface area contributed by atoms with Crippen molar-refractivity contribution in [2.45, 2.75) is 19.1 Å². The van der Waals surface area contributed by atoms with Gasteiger partial charge in [0.25, 0.3) is 5.91 Å². The number of carbonyl (C=O) groups is 1. The van der Waals surface area contributed by atoms with Crippen LogP contribution in [0.1, 0.15) is 12.0 Å². The van der Waals surface area contributed by atoms with Gasteiger partial charge in [0.1, 0.15) is 6.10 Å². The second-order valence-corrected chi connectivity index (χ2v) is 4.82. The largest absolute Gasteiger partial charge is 0.398 e. The van der Waals surface area contributed by atoms with Crippen molar-refractivity contribution >= 4 is 27.5 Å². The molecule has 86 valence electrons. The molecule has 4 nitrogen and oxygen atoms in total. The van der Waals surface area contributed by atoms with Gasteiger partial charge in [-0.3, -0.25) is 4.79 Å². The van der Waals surface area contributed by atoms with Crippen molar-refractivity contribution in [2.24, 2.45) is 0 Å². The minimum atomic E-state index is -0.839. The van der Waals surface area contributed by atoms with E-state index in [1.807, 2.05) is 12.1 Å². The van der Waals surface area contributed by atoms with E-state index < -0.39 is 6.10 Å². The predicted molar refractivity (Wildman–Crippen MR) is 64.6 cm³/mol.